The zero-order valence-electron chi connectivity index (χ0n) is 22.3. The third kappa shape index (κ3) is 9.53. The van der Waals surface area contributed by atoms with Crippen molar-refractivity contribution in [3.63, 3.8) is 0 Å². The molecule has 0 aromatic heterocycles. The largest absolute Gasteiger partial charge is 0.508 e. The number of allylic oxidation sites excluding steroid dienone is 2. The molecule has 0 aliphatic rings. The maximum absolute atomic E-state index is 12.2. The number of phenols is 2. The van der Waals surface area contributed by atoms with Gasteiger partial charge in [-0.3, -0.25) is 9.59 Å². The van der Waals surface area contributed by atoms with E-state index in [1.807, 2.05) is 48.5 Å². The Morgan fingerprint density at radius 2 is 0.878 bits per heavy atom. The fourth-order valence-electron chi connectivity index (χ4n) is 3.68. The minimum atomic E-state index is -0.142. The van der Waals surface area contributed by atoms with Gasteiger partial charge < -0.3 is 24.4 Å². The molecule has 41 heavy (non-hydrogen) atoms. The molecule has 0 saturated carbocycles. The average molecular weight is 551 g/mol. The van der Waals surface area contributed by atoms with Crippen molar-refractivity contribution < 1.29 is 34.0 Å². The molecule has 4 rings (SSSR count). The summed E-state index contributed by atoms with van der Waals surface area (Å²) in [5, 5.41) is 18.7. The highest BCUT2D eigenvalue weighted by atomic mass is 16.5. The summed E-state index contributed by atoms with van der Waals surface area (Å²) < 4.78 is 17.0. The number of benzene rings is 4. The second kappa shape index (κ2) is 14.9. The van der Waals surface area contributed by atoms with Crippen molar-refractivity contribution >= 4 is 23.7 Å². The molecule has 0 heterocycles. The number of rotatable bonds is 14. The van der Waals surface area contributed by atoms with Crippen LogP contribution in [-0.2, 0) is 4.74 Å². The number of phenolic OH excluding ortho intramolecular Hbond substituents is 2. The topological polar surface area (TPSA) is 102 Å². The molecule has 4 aromatic rings. The van der Waals surface area contributed by atoms with Gasteiger partial charge in [-0.25, -0.2) is 0 Å². The van der Waals surface area contributed by atoms with Gasteiger partial charge >= 0.3 is 0 Å². The first-order valence-electron chi connectivity index (χ1n) is 13.0. The number of carbonyl (C=O) groups excluding carboxylic acids is 2. The van der Waals surface area contributed by atoms with E-state index in [2.05, 4.69) is 0 Å². The molecule has 0 unspecified atom stereocenters. The van der Waals surface area contributed by atoms with E-state index in [9.17, 15) is 19.8 Å². The maximum atomic E-state index is 12.2. The lowest BCUT2D eigenvalue weighted by Gasteiger charge is -2.09. The minimum Gasteiger partial charge on any atom is -0.508 e. The molecule has 0 saturated heterocycles. The van der Waals surface area contributed by atoms with Crippen LogP contribution in [0.4, 0.5) is 0 Å². The zero-order chi connectivity index (χ0) is 28.9. The summed E-state index contributed by atoms with van der Waals surface area (Å²) in [6.07, 6.45) is 6.44. The van der Waals surface area contributed by atoms with Gasteiger partial charge in [-0.2, -0.15) is 0 Å². The Labute approximate surface area is 238 Å². The Bertz CT molecular complexity index is 1350. The fourth-order valence-corrected chi connectivity index (χ4v) is 3.68. The van der Waals surface area contributed by atoms with E-state index in [1.54, 1.807) is 36.4 Å². The van der Waals surface area contributed by atoms with Crippen molar-refractivity contribution in [2.24, 2.45) is 0 Å². The second-order valence-electron chi connectivity index (χ2n) is 8.94. The summed E-state index contributed by atoms with van der Waals surface area (Å²) >= 11 is 0. The Balaban J connectivity index is 1.09. The standard InChI is InChI=1S/C34H30O7/c35-29-11-7-27(8-12-29)33(37)19-5-25-1-15-31(16-2-25)40-23-21-39-22-24-41-32-17-3-26(4-18-32)6-20-34(38)28-9-13-30(36)14-10-28/h1-20,35-36H,21-24H2/b19-5+,20-6+. The third-order valence-electron chi connectivity index (χ3n) is 5.91. The second-order valence-corrected chi connectivity index (χ2v) is 8.94. The van der Waals surface area contributed by atoms with E-state index in [4.69, 9.17) is 14.2 Å². The van der Waals surface area contributed by atoms with E-state index < -0.39 is 0 Å². The van der Waals surface area contributed by atoms with E-state index in [1.165, 1.54) is 36.4 Å². The van der Waals surface area contributed by atoms with Crippen LogP contribution < -0.4 is 9.47 Å². The quantitative estimate of drug-likeness (QED) is 0.107. The van der Waals surface area contributed by atoms with Crippen LogP contribution in [0.2, 0.25) is 0 Å². The Morgan fingerprint density at radius 3 is 1.24 bits per heavy atom. The molecule has 0 bridgehead atoms. The zero-order valence-corrected chi connectivity index (χ0v) is 22.3. The van der Waals surface area contributed by atoms with E-state index >= 15 is 0 Å². The third-order valence-corrected chi connectivity index (χ3v) is 5.91. The first-order chi connectivity index (χ1) is 20.0. The van der Waals surface area contributed by atoms with Gasteiger partial charge in [0.2, 0.25) is 0 Å². The maximum Gasteiger partial charge on any atom is 0.185 e. The van der Waals surface area contributed by atoms with Crippen LogP contribution in [0.25, 0.3) is 12.2 Å². The molecule has 7 heteroatoms. The summed E-state index contributed by atoms with van der Waals surface area (Å²) in [4.78, 5) is 24.4. The van der Waals surface area contributed by atoms with Crippen LogP contribution in [0, 0.1) is 0 Å². The van der Waals surface area contributed by atoms with Gasteiger partial charge in [-0.05, 0) is 96.1 Å². The molecule has 0 amide bonds. The number of aromatic hydroxyl groups is 2. The number of ether oxygens (including phenoxy) is 3. The Hall–Kier alpha value is -5.14. The highest BCUT2D eigenvalue weighted by molar-refractivity contribution is 6.07. The summed E-state index contributed by atoms with van der Waals surface area (Å²) in [5.74, 6) is 1.36. The first-order valence-corrected chi connectivity index (χ1v) is 13.0. The van der Waals surface area contributed by atoms with Crippen LogP contribution in [0.5, 0.6) is 23.0 Å². The van der Waals surface area contributed by atoms with E-state index in [-0.39, 0.29) is 23.1 Å². The molecular formula is C34H30O7. The van der Waals surface area contributed by atoms with Gasteiger partial charge in [-0.1, -0.05) is 36.4 Å². The molecule has 0 aliphatic carbocycles. The van der Waals surface area contributed by atoms with Crippen LogP contribution in [0.1, 0.15) is 31.8 Å². The number of hydrogen-bond donors (Lipinski definition) is 2. The van der Waals surface area contributed by atoms with E-state index in [0.29, 0.717) is 49.1 Å². The predicted octanol–water partition coefficient (Wildman–Crippen LogP) is 6.36. The summed E-state index contributed by atoms with van der Waals surface area (Å²) in [5.41, 5.74) is 2.74. The molecule has 0 fully saturated rings. The first kappa shape index (κ1) is 28.9. The molecule has 0 radical (unpaired) electrons. The number of ketones is 2. The van der Waals surface area contributed by atoms with Crippen molar-refractivity contribution in [1.82, 2.24) is 0 Å². The van der Waals surface area contributed by atoms with Gasteiger partial charge in [0.25, 0.3) is 0 Å². The average Bonchev–Trinajstić information content (AvgIpc) is 3.00. The van der Waals surface area contributed by atoms with Crippen molar-refractivity contribution in [3.8, 4) is 23.0 Å². The van der Waals surface area contributed by atoms with Crippen LogP contribution in [-0.4, -0.2) is 48.2 Å². The lowest BCUT2D eigenvalue weighted by molar-refractivity contribution is 0.0764. The molecule has 4 aromatic carbocycles. The lowest BCUT2D eigenvalue weighted by atomic mass is 10.1. The molecule has 0 aliphatic heterocycles. The van der Waals surface area contributed by atoms with Crippen molar-refractivity contribution in [2.75, 3.05) is 26.4 Å². The molecular weight excluding hydrogens is 520 g/mol. The highest BCUT2D eigenvalue weighted by Crippen LogP contribution is 2.16. The minimum absolute atomic E-state index is 0.121. The highest BCUT2D eigenvalue weighted by Gasteiger charge is 2.03. The Morgan fingerprint density at radius 1 is 0.512 bits per heavy atom. The van der Waals surface area contributed by atoms with Crippen LogP contribution >= 0.6 is 0 Å². The molecule has 0 atom stereocenters. The summed E-state index contributed by atoms with van der Waals surface area (Å²) in [6, 6.07) is 27.0. The van der Waals surface area contributed by atoms with Crippen LogP contribution in [0.3, 0.4) is 0 Å². The van der Waals surface area contributed by atoms with Gasteiger partial charge in [0.1, 0.15) is 36.2 Å². The predicted molar refractivity (Wildman–Crippen MR) is 158 cm³/mol. The van der Waals surface area contributed by atoms with Crippen molar-refractivity contribution in [2.45, 2.75) is 0 Å². The molecule has 208 valence electrons. The van der Waals surface area contributed by atoms with Gasteiger partial charge in [0.05, 0.1) is 13.2 Å². The van der Waals surface area contributed by atoms with Crippen molar-refractivity contribution in [1.29, 1.82) is 0 Å². The fraction of sp³-hybridized carbons (Fsp3) is 0.118. The van der Waals surface area contributed by atoms with Crippen molar-refractivity contribution in [3.05, 3.63) is 131 Å². The number of hydrogen-bond acceptors (Lipinski definition) is 7. The number of carbonyl (C=O) groups is 2. The summed E-state index contributed by atoms with van der Waals surface area (Å²) in [6.45, 7) is 1.59. The molecule has 7 nitrogen and oxygen atoms in total. The molecule has 0 spiro atoms. The van der Waals surface area contributed by atoms with Gasteiger partial charge in [0.15, 0.2) is 11.6 Å². The van der Waals surface area contributed by atoms with Gasteiger partial charge in [-0.15, -0.1) is 0 Å². The smallest absolute Gasteiger partial charge is 0.185 e. The monoisotopic (exact) mass is 550 g/mol. The van der Waals surface area contributed by atoms with Gasteiger partial charge in [0, 0.05) is 11.1 Å². The SMILES string of the molecule is O=C(/C=C/c1ccc(OCCOCCOc2ccc(/C=C/C(=O)c3ccc(O)cc3)cc2)cc1)c1ccc(O)cc1. The van der Waals surface area contributed by atoms with E-state index in [0.717, 1.165) is 11.1 Å². The summed E-state index contributed by atoms with van der Waals surface area (Å²) in [7, 11) is 0. The Kier molecular flexibility index (Phi) is 10.5. The molecule has 2 N–H and O–H groups in total. The normalized spacial score (nSPS) is 11.1. The van der Waals surface area contributed by atoms with Crippen LogP contribution in [0.15, 0.2) is 109 Å². The lowest BCUT2D eigenvalue weighted by Crippen LogP contribution is -2.12.